The van der Waals surface area contributed by atoms with E-state index in [1.54, 1.807) is 0 Å². The van der Waals surface area contributed by atoms with Gasteiger partial charge in [-0.25, -0.2) is 0 Å². The predicted molar refractivity (Wildman–Crippen MR) is 93.9 cm³/mol. The molecule has 0 unspecified atom stereocenters. The second kappa shape index (κ2) is 7.94. The molecule has 0 aliphatic heterocycles. The summed E-state index contributed by atoms with van der Waals surface area (Å²) in [5.41, 5.74) is 1.72. The summed E-state index contributed by atoms with van der Waals surface area (Å²) in [5.74, 6) is 0.912. The Morgan fingerprint density at radius 1 is 1.16 bits per heavy atom. The fraction of sp³-hybridized carbons (Fsp3) is 0.167. The van der Waals surface area contributed by atoms with Crippen molar-refractivity contribution < 1.29 is 18.7 Å². The molecule has 0 saturated heterocycles. The van der Waals surface area contributed by atoms with E-state index < -0.39 is 5.97 Å². The van der Waals surface area contributed by atoms with Crippen molar-refractivity contribution in [1.82, 2.24) is 10.2 Å². The van der Waals surface area contributed by atoms with Crippen LogP contribution in [-0.4, -0.2) is 23.3 Å². The fourth-order valence-corrected chi connectivity index (χ4v) is 2.55. The number of hydrogen-bond acceptors (Lipinski definition) is 6. The van der Waals surface area contributed by atoms with E-state index in [1.165, 1.54) is 7.11 Å². The number of carbonyl (C=O) groups is 1. The molecule has 0 spiro atoms. The molecule has 0 aliphatic carbocycles. The first-order chi connectivity index (χ1) is 12.2. The van der Waals surface area contributed by atoms with Gasteiger partial charge in [-0.2, -0.15) is 0 Å². The van der Waals surface area contributed by atoms with E-state index in [-0.39, 0.29) is 12.3 Å². The summed E-state index contributed by atoms with van der Waals surface area (Å²) in [5, 5.41) is 7.83. The Kier molecular flexibility index (Phi) is 5.45. The van der Waals surface area contributed by atoms with Gasteiger partial charge in [0.05, 0.1) is 11.6 Å². The molecule has 6 nitrogen and oxygen atoms in total. The van der Waals surface area contributed by atoms with Gasteiger partial charge < -0.3 is 13.9 Å². The summed E-state index contributed by atoms with van der Waals surface area (Å²) in [6.07, 6.45) is -0.0473. The number of halogens is 1. The van der Waals surface area contributed by atoms with Gasteiger partial charge in [-0.1, -0.05) is 24.3 Å². The summed E-state index contributed by atoms with van der Waals surface area (Å²) in [4.78, 5) is 11.3. The van der Waals surface area contributed by atoms with Crippen LogP contribution in [-0.2, 0) is 22.6 Å². The molecule has 0 atom stereocenters. The standard InChI is InChI=1S/C18H15BrN2O4/c1-23-17(22)10-16-20-21-18(25-16)13-6-4-5-12(9-13)11-24-15-8-3-2-7-14(15)19/h2-9H,10-11H2,1H3. The molecule has 3 aromatic rings. The van der Waals surface area contributed by atoms with Crippen LogP contribution in [0.4, 0.5) is 0 Å². The second-order valence-corrected chi connectivity index (χ2v) is 6.03. The van der Waals surface area contributed by atoms with E-state index in [4.69, 9.17) is 9.15 Å². The molecule has 25 heavy (non-hydrogen) atoms. The first kappa shape index (κ1) is 17.2. The van der Waals surface area contributed by atoms with E-state index in [0.29, 0.717) is 12.5 Å². The number of ether oxygens (including phenoxy) is 2. The quantitative estimate of drug-likeness (QED) is 0.583. The third-order valence-corrected chi connectivity index (χ3v) is 4.05. The summed E-state index contributed by atoms with van der Waals surface area (Å²) in [7, 11) is 1.31. The van der Waals surface area contributed by atoms with Crippen LogP contribution in [0, 0.1) is 0 Å². The van der Waals surface area contributed by atoms with E-state index in [9.17, 15) is 4.79 Å². The summed E-state index contributed by atoms with van der Waals surface area (Å²) < 4.78 is 16.8. The van der Waals surface area contributed by atoms with Crippen LogP contribution in [0.25, 0.3) is 11.5 Å². The zero-order chi connectivity index (χ0) is 17.6. The number of esters is 1. The van der Waals surface area contributed by atoms with Gasteiger partial charge in [-0.15, -0.1) is 10.2 Å². The van der Waals surface area contributed by atoms with E-state index in [1.807, 2.05) is 48.5 Å². The van der Waals surface area contributed by atoms with E-state index >= 15 is 0 Å². The van der Waals surface area contributed by atoms with Crippen molar-refractivity contribution in [3.05, 3.63) is 64.5 Å². The van der Waals surface area contributed by atoms with Gasteiger partial charge in [0.1, 0.15) is 18.8 Å². The molecule has 3 rings (SSSR count). The molecule has 0 N–H and O–H groups in total. The van der Waals surface area contributed by atoms with Gasteiger partial charge in [0, 0.05) is 5.56 Å². The summed E-state index contributed by atoms with van der Waals surface area (Å²) in [6.45, 7) is 0.402. The molecular formula is C18H15BrN2O4. The van der Waals surface area contributed by atoms with Crippen molar-refractivity contribution in [2.45, 2.75) is 13.0 Å². The molecule has 0 saturated carbocycles. The minimum Gasteiger partial charge on any atom is -0.488 e. The summed E-state index contributed by atoms with van der Waals surface area (Å²) in [6, 6.07) is 15.3. The molecule has 7 heteroatoms. The largest absolute Gasteiger partial charge is 0.488 e. The number of methoxy groups -OCH3 is 1. The molecule has 128 valence electrons. The number of rotatable bonds is 6. The average Bonchev–Trinajstić information content (AvgIpc) is 3.09. The van der Waals surface area contributed by atoms with Gasteiger partial charge >= 0.3 is 5.97 Å². The minimum atomic E-state index is -0.425. The first-order valence-electron chi connectivity index (χ1n) is 7.51. The third-order valence-electron chi connectivity index (χ3n) is 3.40. The molecule has 0 radical (unpaired) electrons. The smallest absolute Gasteiger partial charge is 0.315 e. The highest BCUT2D eigenvalue weighted by atomic mass is 79.9. The van der Waals surface area contributed by atoms with Crippen molar-refractivity contribution in [1.29, 1.82) is 0 Å². The van der Waals surface area contributed by atoms with Crippen LogP contribution in [0.2, 0.25) is 0 Å². The van der Waals surface area contributed by atoms with Crippen molar-refractivity contribution >= 4 is 21.9 Å². The van der Waals surface area contributed by atoms with Crippen molar-refractivity contribution in [3.63, 3.8) is 0 Å². The molecule has 0 aliphatic rings. The number of benzene rings is 2. The molecule has 2 aromatic carbocycles. The number of para-hydroxylation sites is 1. The number of carbonyl (C=O) groups excluding carboxylic acids is 1. The molecule has 0 amide bonds. The zero-order valence-electron chi connectivity index (χ0n) is 13.4. The van der Waals surface area contributed by atoms with Crippen LogP contribution in [0.15, 0.2) is 57.4 Å². The molecule has 0 bridgehead atoms. The Morgan fingerprint density at radius 2 is 2.00 bits per heavy atom. The van der Waals surface area contributed by atoms with Gasteiger partial charge in [0.15, 0.2) is 0 Å². The summed E-state index contributed by atoms with van der Waals surface area (Å²) >= 11 is 3.45. The van der Waals surface area contributed by atoms with Crippen molar-refractivity contribution in [3.8, 4) is 17.2 Å². The maximum atomic E-state index is 11.3. The second-order valence-electron chi connectivity index (χ2n) is 5.17. The lowest BCUT2D eigenvalue weighted by atomic mass is 10.1. The topological polar surface area (TPSA) is 74.5 Å². The highest BCUT2D eigenvalue weighted by Crippen LogP contribution is 2.25. The first-order valence-corrected chi connectivity index (χ1v) is 8.31. The van der Waals surface area contributed by atoms with Crippen LogP contribution < -0.4 is 4.74 Å². The zero-order valence-corrected chi connectivity index (χ0v) is 15.0. The Balaban J connectivity index is 1.71. The van der Waals surface area contributed by atoms with Gasteiger partial charge in [-0.05, 0) is 45.8 Å². The molecule has 1 aromatic heterocycles. The molecule has 1 heterocycles. The van der Waals surface area contributed by atoms with Crippen molar-refractivity contribution in [2.24, 2.45) is 0 Å². The Hall–Kier alpha value is -2.67. The molecule has 0 fully saturated rings. The SMILES string of the molecule is COC(=O)Cc1nnc(-c2cccc(COc3ccccc3Br)c2)o1. The van der Waals surface area contributed by atoms with Crippen LogP contribution in [0.3, 0.4) is 0 Å². The minimum absolute atomic E-state index is 0.0473. The predicted octanol–water partition coefficient (Wildman–Crippen LogP) is 3.79. The normalized spacial score (nSPS) is 10.5. The lowest BCUT2D eigenvalue weighted by molar-refractivity contribution is -0.140. The number of aromatic nitrogens is 2. The highest BCUT2D eigenvalue weighted by Gasteiger charge is 2.13. The maximum Gasteiger partial charge on any atom is 0.315 e. The highest BCUT2D eigenvalue weighted by molar-refractivity contribution is 9.10. The maximum absolute atomic E-state index is 11.3. The van der Waals surface area contributed by atoms with Gasteiger partial charge in [-0.3, -0.25) is 4.79 Å². The average molecular weight is 403 g/mol. The monoisotopic (exact) mass is 402 g/mol. The Bertz CT molecular complexity index is 879. The van der Waals surface area contributed by atoms with E-state index in [2.05, 4.69) is 30.9 Å². The number of hydrogen-bond donors (Lipinski definition) is 0. The Morgan fingerprint density at radius 3 is 2.80 bits per heavy atom. The van der Waals surface area contributed by atoms with Gasteiger partial charge in [0.2, 0.25) is 11.8 Å². The van der Waals surface area contributed by atoms with Crippen LogP contribution in [0.5, 0.6) is 5.75 Å². The van der Waals surface area contributed by atoms with Gasteiger partial charge in [0.25, 0.3) is 0 Å². The third kappa shape index (κ3) is 4.45. The number of nitrogens with zero attached hydrogens (tertiary/aromatic N) is 2. The fourth-order valence-electron chi connectivity index (χ4n) is 2.15. The Labute approximate surface area is 152 Å². The van der Waals surface area contributed by atoms with E-state index in [0.717, 1.165) is 21.3 Å². The van der Waals surface area contributed by atoms with Crippen LogP contribution in [0.1, 0.15) is 11.5 Å². The lowest BCUT2D eigenvalue weighted by Gasteiger charge is -2.08. The molecular weight excluding hydrogens is 388 g/mol. The van der Waals surface area contributed by atoms with Crippen LogP contribution >= 0.6 is 15.9 Å². The van der Waals surface area contributed by atoms with Crippen molar-refractivity contribution in [2.75, 3.05) is 7.11 Å². The lowest BCUT2D eigenvalue weighted by Crippen LogP contribution is -2.04.